The summed E-state index contributed by atoms with van der Waals surface area (Å²) < 4.78 is 13.1. The summed E-state index contributed by atoms with van der Waals surface area (Å²) in [5.74, 6) is -1.81. The largest absolute Gasteiger partial charge is 0.480 e. The first kappa shape index (κ1) is 20.2. The topological polar surface area (TPSA) is 91.3 Å². The standard InChI is InChI=1S/C22H20FN3O3/c23-18-6-4-15(5-7-18)12-20(25-14-21(27)28)22(29)26-19-3-1-2-17(13-19)16-8-10-24-11-9-16/h1-11,13,20,25H,12,14H2,(H,26,29)(H,27,28)/t20-/m0/s1. The fourth-order valence-electron chi connectivity index (χ4n) is 2.87. The second-order valence-electron chi connectivity index (χ2n) is 6.46. The van der Waals surface area contributed by atoms with Crippen LogP contribution in [0.4, 0.5) is 10.1 Å². The van der Waals surface area contributed by atoms with Gasteiger partial charge in [0.2, 0.25) is 5.91 Å². The number of halogens is 1. The third-order valence-corrected chi connectivity index (χ3v) is 4.31. The lowest BCUT2D eigenvalue weighted by atomic mass is 10.0. The number of carboxylic acid groups (broad SMARTS) is 1. The molecule has 0 unspecified atom stereocenters. The highest BCUT2D eigenvalue weighted by Gasteiger charge is 2.20. The van der Waals surface area contributed by atoms with E-state index >= 15 is 0 Å². The van der Waals surface area contributed by atoms with Crippen molar-refractivity contribution in [1.29, 1.82) is 0 Å². The molecule has 1 amide bonds. The zero-order valence-corrected chi connectivity index (χ0v) is 15.5. The second kappa shape index (κ2) is 9.57. The molecule has 3 rings (SSSR count). The number of hydrogen-bond acceptors (Lipinski definition) is 4. The van der Waals surface area contributed by atoms with Crippen LogP contribution < -0.4 is 10.6 Å². The number of nitrogens with one attached hydrogen (secondary N) is 2. The summed E-state index contributed by atoms with van der Waals surface area (Å²) in [5.41, 5.74) is 3.18. The monoisotopic (exact) mass is 393 g/mol. The number of carbonyl (C=O) groups is 2. The average Bonchev–Trinajstić information content (AvgIpc) is 2.73. The summed E-state index contributed by atoms with van der Waals surface area (Å²) in [7, 11) is 0. The number of carboxylic acids is 1. The van der Waals surface area contributed by atoms with Crippen LogP contribution in [0.2, 0.25) is 0 Å². The molecule has 2 aromatic carbocycles. The van der Waals surface area contributed by atoms with Crippen LogP contribution in [0.1, 0.15) is 5.56 Å². The normalized spacial score (nSPS) is 11.6. The van der Waals surface area contributed by atoms with Crippen molar-refractivity contribution in [2.75, 3.05) is 11.9 Å². The van der Waals surface area contributed by atoms with E-state index in [1.807, 2.05) is 30.3 Å². The molecule has 0 aliphatic heterocycles. The molecule has 1 atom stereocenters. The Labute approximate surface area is 167 Å². The van der Waals surface area contributed by atoms with E-state index in [2.05, 4.69) is 15.6 Å². The Hall–Kier alpha value is -3.58. The fourth-order valence-corrected chi connectivity index (χ4v) is 2.87. The Balaban J connectivity index is 1.75. The quantitative estimate of drug-likeness (QED) is 0.547. The van der Waals surface area contributed by atoms with Gasteiger partial charge in [-0.3, -0.25) is 19.9 Å². The summed E-state index contributed by atoms with van der Waals surface area (Å²) in [5, 5.41) is 14.5. The van der Waals surface area contributed by atoms with Gasteiger partial charge in [-0.1, -0.05) is 24.3 Å². The summed E-state index contributed by atoms with van der Waals surface area (Å²) in [4.78, 5) is 27.7. The molecule has 1 aromatic heterocycles. The van der Waals surface area contributed by atoms with Crippen LogP contribution in [0.15, 0.2) is 73.1 Å². The van der Waals surface area contributed by atoms with Gasteiger partial charge >= 0.3 is 5.97 Å². The van der Waals surface area contributed by atoms with E-state index in [0.29, 0.717) is 5.69 Å². The molecule has 29 heavy (non-hydrogen) atoms. The van der Waals surface area contributed by atoms with Crippen molar-refractivity contribution in [3.63, 3.8) is 0 Å². The van der Waals surface area contributed by atoms with Gasteiger partial charge in [0, 0.05) is 18.1 Å². The molecule has 0 spiro atoms. The lowest BCUT2D eigenvalue weighted by molar-refractivity contribution is -0.136. The predicted octanol–water partition coefficient (Wildman–Crippen LogP) is 3.11. The predicted molar refractivity (Wildman–Crippen MR) is 108 cm³/mol. The first-order chi connectivity index (χ1) is 14.0. The molecule has 6 nitrogen and oxygen atoms in total. The maximum Gasteiger partial charge on any atom is 0.317 e. The molecule has 0 radical (unpaired) electrons. The Morgan fingerprint density at radius 1 is 1.00 bits per heavy atom. The van der Waals surface area contributed by atoms with Gasteiger partial charge in [-0.2, -0.15) is 0 Å². The van der Waals surface area contributed by atoms with Gasteiger partial charge in [-0.15, -0.1) is 0 Å². The van der Waals surface area contributed by atoms with Crippen molar-refractivity contribution in [3.05, 3.63) is 84.4 Å². The van der Waals surface area contributed by atoms with Crippen LogP contribution in [0.5, 0.6) is 0 Å². The molecule has 3 aromatic rings. The molecule has 0 bridgehead atoms. The third kappa shape index (κ3) is 5.95. The van der Waals surface area contributed by atoms with Gasteiger partial charge in [-0.25, -0.2) is 4.39 Å². The molecule has 0 saturated heterocycles. The number of benzene rings is 2. The number of nitrogens with zero attached hydrogens (tertiary/aromatic N) is 1. The van der Waals surface area contributed by atoms with E-state index in [1.54, 1.807) is 30.6 Å². The molecule has 3 N–H and O–H groups in total. The van der Waals surface area contributed by atoms with Gasteiger partial charge in [-0.05, 0) is 59.5 Å². The van der Waals surface area contributed by atoms with Crippen molar-refractivity contribution in [3.8, 4) is 11.1 Å². The van der Waals surface area contributed by atoms with Crippen molar-refractivity contribution >= 4 is 17.6 Å². The number of pyridine rings is 1. The highest BCUT2D eigenvalue weighted by atomic mass is 19.1. The van der Waals surface area contributed by atoms with Crippen LogP contribution in [-0.4, -0.2) is 34.6 Å². The maximum atomic E-state index is 13.1. The Bertz CT molecular complexity index is 978. The molecule has 0 saturated carbocycles. The fraction of sp³-hybridized carbons (Fsp3) is 0.136. The zero-order valence-electron chi connectivity index (χ0n) is 15.5. The van der Waals surface area contributed by atoms with Gasteiger partial charge in [0.15, 0.2) is 0 Å². The van der Waals surface area contributed by atoms with Gasteiger partial charge < -0.3 is 10.4 Å². The van der Waals surface area contributed by atoms with Crippen molar-refractivity contribution < 1.29 is 19.1 Å². The van der Waals surface area contributed by atoms with Crippen LogP contribution in [0.3, 0.4) is 0 Å². The number of hydrogen-bond donors (Lipinski definition) is 3. The highest BCUT2D eigenvalue weighted by Crippen LogP contribution is 2.22. The zero-order chi connectivity index (χ0) is 20.6. The molecular formula is C22H20FN3O3. The minimum Gasteiger partial charge on any atom is -0.480 e. The number of aromatic nitrogens is 1. The van der Waals surface area contributed by atoms with Crippen LogP contribution in [-0.2, 0) is 16.0 Å². The van der Waals surface area contributed by atoms with Gasteiger partial charge in [0.05, 0.1) is 12.6 Å². The molecule has 148 valence electrons. The van der Waals surface area contributed by atoms with E-state index in [4.69, 9.17) is 5.11 Å². The number of rotatable bonds is 8. The molecular weight excluding hydrogens is 373 g/mol. The third-order valence-electron chi connectivity index (χ3n) is 4.31. The first-order valence-electron chi connectivity index (χ1n) is 9.02. The highest BCUT2D eigenvalue weighted by molar-refractivity contribution is 5.95. The number of aliphatic carboxylic acids is 1. The van der Waals surface area contributed by atoms with E-state index < -0.39 is 12.0 Å². The Morgan fingerprint density at radius 3 is 2.41 bits per heavy atom. The van der Waals surface area contributed by atoms with Crippen LogP contribution >= 0.6 is 0 Å². The smallest absolute Gasteiger partial charge is 0.317 e. The second-order valence-corrected chi connectivity index (χ2v) is 6.46. The maximum absolute atomic E-state index is 13.1. The number of carbonyl (C=O) groups excluding carboxylic acids is 1. The number of amides is 1. The average molecular weight is 393 g/mol. The first-order valence-corrected chi connectivity index (χ1v) is 9.02. The lowest BCUT2D eigenvalue weighted by Gasteiger charge is -2.18. The summed E-state index contributed by atoms with van der Waals surface area (Å²) in [6, 6.07) is 16.0. The Morgan fingerprint density at radius 2 is 1.72 bits per heavy atom. The molecule has 0 fully saturated rings. The summed E-state index contributed by atoms with van der Waals surface area (Å²) >= 11 is 0. The van der Waals surface area contributed by atoms with E-state index in [0.717, 1.165) is 16.7 Å². The van der Waals surface area contributed by atoms with E-state index in [1.165, 1.54) is 12.1 Å². The summed E-state index contributed by atoms with van der Waals surface area (Å²) in [6.45, 7) is -0.365. The van der Waals surface area contributed by atoms with Gasteiger partial charge in [0.1, 0.15) is 5.82 Å². The molecule has 0 aliphatic carbocycles. The minimum atomic E-state index is -1.07. The lowest BCUT2D eigenvalue weighted by Crippen LogP contribution is -2.44. The van der Waals surface area contributed by atoms with E-state index in [-0.39, 0.29) is 24.7 Å². The van der Waals surface area contributed by atoms with Crippen molar-refractivity contribution in [2.45, 2.75) is 12.5 Å². The summed E-state index contributed by atoms with van der Waals surface area (Å²) in [6.07, 6.45) is 3.60. The SMILES string of the molecule is O=C(O)CN[C@@H](Cc1ccc(F)cc1)C(=O)Nc1cccc(-c2ccncc2)c1. The van der Waals surface area contributed by atoms with Crippen LogP contribution in [0, 0.1) is 5.82 Å². The molecule has 7 heteroatoms. The van der Waals surface area contributed by atoms with E-state index in [9.17, 15) is 14.0 Å². The Kier molecular flexibility index (Phi) is 6.65. The van der Waals surface area contributed by atoms with Crippen molar-refractivity contribution in [2.24, 2.45) is 0 Å². The minimum absolute atomic E-state index is 0.226. The van der Waals surface area contributed by atoms with Crippen LogP contribution in [0.25, 0.3) is 11.1 Å². The van der Waals surface area contributed by atoms with Gasteiger partial charge in [0.25, 0.3) is 0 Å². The number of anilines is 1. The molecule has 0 aliphatic rings. The van der Waals surface area contributed by atoms with Crippen molar-refractivity contribution in [1.82, 2.24) is 10.3 Å². The molecule has 1 heterocycles.